The smallest absolute Gasteiger partial charge is 0.0499 e. The molecule has 106 valence electrons. The van der Waals surface area contributed by atoms with Gasteiger partial charge in [-0.3, -0.25) is 0 Å². The summed E-state index contributed by atoms with van der Waals surface area (Å²) in [4.78, 5) is 0. The molecule has 0 heterocycles. The van der Waals surface area contributed by atoms with E-state index in [1.807, 2.05) is 0 Å². The second-order valence-electron chi connectivity index (χ2n) is 5.64. The summed E-state index contributed by atoms with van der Waals surface area (Å²) in [6.45, 7) is 5.50. The summed E-state index contributed by atoms with van der Waals surface area (Å²) in [6.07, 6.45) is 4.34. The average molecular weight is 326 g/mol. The second kappa shape index (κ2) is 6.38. The molecule has 0 aromatic heterocycles. The molecular formula is C16H24BrNO. The first-order chi connectivity index (χ1) is 9.15. The van der Waals surface area contributed by atoms with Crippen LogP contribution in [0, 0.1) is 5.41 Å². The highest BCUT2D eigenvalue weighted by Crippen LogP contribution is 2.36. The summed E-state index contributed by atoms with van der Waals surface area (Å²) in [7, 11) is 0. The van der Waals surface area contributed by atoms with E-state index in [-0.39, 0.29) is 12.0 Å². The molecule has 1 aromatic rings. The Morgan fingerprint density at radius 2 is 2.11 bits per heavy atom. The molecule has 0 saturated heterocycles. The molecule has 0 aliphatic heterocycles. The minimum absolute atomic E-state index is 0.0365. The highest BCUT2D eigenvalue weighted by molar-refractivity contribution is 9.10. The Hall–Kier alpha value is -0.380. The van der Waals surface area contributed by atoms with Crippen molar-refractivity contribution >= 4 is 15.9 Å². The van der Waals surface area contributed by atoms with Crippen LogP contribution in [0.4, 0.5) is 0 Å². The zero-order chi connectivity index (χ0) is 13.9. The van der Waals surface area contributed by atoms with Gasteiger partial charge in [0.2, 0.25) is 0 Å². The third-order valence-corrected chi connectivity index (χ3v) is 5.52. The summed E-state index contributed by atoms with van der Waals surface area (Å²) in [5.74, 6) is 0. The molecule has 0 bridgehead atoms. The minimum atomic E-state index is 0.0365. The predicted molar refractivity (Wildman–Crippen MR) is 83.3 cm³/mol. The van der Waals surface area contributed by atoms with Gasteiger partial charge in [-0.15, -0.1) is 0 Å². The standard InChI is InChI=1S/C16H24BrNO/c1-3-16(4-2,11-19)10-18-15-9-8-12-13(15)6-5-7-14(12)17/h5-7,15,18-19H,3-4,8-11H2,1-2H3. The third kappa shape index (κ3) is 3.04. The van der Waals surface area contributed by atoms with Gasteiger partial charge in [0, 0.05) is 29.1 Å². The van der Waals surface area contributed by atoms with Crippen molar-refractivity contribution in [2.24, 2.45) is 5.41 Å². The maximum atomic E-state index is 9.64. The SMILES string of the molecule is CCC(CC)(CO)CNC1CCc2c(Br)cccc21. The summed E-state index contributed by atoms with van der Waals surface area (Å²) in [6, 6.07) is 6.90. The number of hydrogen-bond donors (Lipinski definition) is 2. The number of rotatable bonds is 6. The van der Waals surface area contributed by atoms with Gasteiger partial charge in [0.1, 0.15) is 0 Å². The fourth-order valence-electron chi connectivity index (χ4n) is 2.94. The Morgan fingerprint density at radius 1 is 1.37 bits per heavy atom. The number of halogens is 1. The molecule has 0 spiro atoms. The van der Waals surface area contributed by atoms with Crippen molar-refractivity contribution in [1.29, 1.82) is 0 Å². The fraction of sp³-hybridized carbons (Fsp3) is 0.625. The van der Waals surface area contributed by atoms with Gasteiger partial charge in [0.15, 0.2) is 0 Å². The maximum absolute atomic E-state index is 9.64. The quantitative estimate of drug-likeness (QED) is 0.833. The highest BCUT2D eigenvalue weighted by atomic mass is 79.9. The average Bonchev–Trinajstić information content (AvgIpc) is 2.86. The van der Waals surface area contributed by atoms with Crippen LogP contribution in [-0.4, -0.2) is 18.3 Å². The summed E-state index contributed by atoms with van der Waals surface area (Å²) in [5, 5.41) is 13.3. The fourth-order valence-corrected chi connectivity index (χ4v) is 3.52. The Balaban J connectivity index is 2.05. The van der Waals surface area contributed by atoms with E-state index in [9.17, 15) is 5.11 Å². The second-order valence-corrected chi connectivity index (χ2v) is 6.50. The molecule has 0 saturated carbocycles. The van der Waals surface area contributed by atoms with Crippen molar-refractivity contribution in [2.45, 2.75) is 45.6 Å². The summed E-state index contributed by atoms with van der Waals surface area (Å²) < 4.78 is 1.23. The predicted octanol–water partition coefficient (Wildman–Crippen LogP) is 3.82. The number of aliphatic hydroxyl groups is 1. The van der Waals surface area contributed by atoms with Crippen molar-refractivity contribution in [1.82, 2.24) is 5.32 Å². The maximum Gasteiger partial charge on any atom is 0.0499 e. The Kier molecular flexibility index (Phi) is 5.04. The lowest BCUT2D eigenvalue weighted by molar-refractivity contribution is 0.109. The van der Waals surface area contributed by atoms with Crippen LogP contribution in [0.2, 0.25) is 0 Å². The Morgan fingerprint density at radius 3 is 2.74 bits per heavy atom. The number of hydrogen-bond acceptors (Lipinski definition) is 2. The summed E-state index contributed by atoms with van der Waals surface area (Å²) >= 11 is 3.64. The van der Waals surface area contributed by atoms with Gasteiger partial charge < -0.3 is 10.4 Å². The number of fused-ring (bicyclic) bond motifs is 1. The van der Waals surface area contributed by atoms with Crippen LogP contribution in [0.25, 0.3) is 0 Å². The molecular weight excluding hydrogens is 302 g/mol. The normalized spacial score (nSPS) is 18.6. The molecule has 0 amide bonds. The highest BCUT2D eigenvalue weighted by Gasteiger charge is 2.29. The van der Waals surface area contributed by atoms with Crippen molar-refractivity contribution < 1.29 is 5.11 Å². The largest absolute Gasteiger partial charge is 0.396 e. The molecule has 1 unspecified atom stereocenters. The van der Waals surface area contributed by atoms with E-state index in [1.165, 1.54) is 15.6 Å². The van der Waals surface area contributed by atoms with Gasteiger partial charge in [-0.05, 0) is 42.9 Å². The van der Waals surface area contributed by atoms with Gasteiger partial charge in [0.25, 0.3) is 0 Å². The first-order valence-electron chi connectivity index (χ1n) is 7.27. The number of nitrogens with one attached hydrogen (secondary N) is 1. The van der Waals surface area contributed by atoms with E-state index in [4.69, 9.17) is 0 Å². The van der Waals surface area contributed by atoms with Crippen LogP contribution in [0.1, 0.15) is 50.3 Å². The molecule has 2 nitrogen and oxygen atoms in total. The van der Waals surface area contributed by atoms with Gasteiger partial charge in [0.05, 0.1) is 0 Å². The van der Waals surface area contributed by atoms with E-state index in [0.717, 1.165) is 32.2 Å². The Bertz CT molecular complexity index is 420. The van der Waals surface area contributed by atoms with Crippen LogP contribution in [0.3, 0.4) is 0 Å². The van der Waals surface area contributed by atoms with Crippen LogP contribution in [-0.2, 0) is 6.42 Å². The molecule has 2 N–H and O–H groups in total. The lowest BCUT2D eigenvalue weighted by Crippen LogP contribution is -2.37. The first kappa shape index (κ1) is 15.0. The van der Waals surface area contributed by atoms with Gasteiger partial charge in [-0.1, -0.05) is 41.9 Å². The molecule has 3 heteroatoms. The van der Waals surface area contributed by atoms with Crippen molar-refractivity contribution in [3.63, 3.8) is 0 Å². The van der Waals surface area contributed by atoms with E-state index < -0.39 is 0 Å². The van der Waals surface area contributed by atoms with Crippen molar-refractivity contribution in [3.8, 4) is 0 Å². The van der Waals surface area contributed by atoms with E-state index in [2.05, 4.69) is 53.3 Å². The first-order valence-corrected chi connectivity index (χ1v) is 8.06. The van der Waals surface area contributed by atoms with Crippen LogP contribution < -0.4 is 5.32 Å². The third-order valence-electron chi connectivity index (χ3n) is 4.77. The minimum Gasteiger partial charge on any atom is -0.396 e. The number of benzene rings is 1. The van der Waals surface area contributed by atoms with Gasteiger partial charge in [-0.25, -0.2) is 0 Å². The Labute approximate surface area is 124 Å². The van der Waals surface area contributed by atoms with E-state index in [0.29, 0.717) is 6.04 Å². The van der Waals surface area contributed by atoms with Gasteiger partial charge in [-0.2, -0.15) is 0 Å². The van der Waals surface area contributed by atoms with Crippen LogP contribution in [0.15, 0.2) is 22.7 Å². The molecule has 0 fully saturated rings. The topological polar surface area (TPSA) is 32.3 Å². The molecule has 1 atom stereocenters. The molecule has 1 aliphatic carbocycles. The van der Waals surface area contributed by atoms with Crippen LogP contribution >= 0.6 is 15.9 Å². The lowest BCUT2D eigenvalue weighted by Gasteiger charge is -2.31. The lowest BCUT2D eigenvalue weighted by atomic mass is 9.83. The van der Waals surface area contributed by atoms with E-state index >= 15 is 0 Å². The number of aliphatic hydroxyl groups excluding tert-OH is 1. The van der Waals surface area contributed by atoms with Crippen molar-refractivity contribution in [2.75, 3.05) is 13.2 Å². The zero-order valence-corrected chi connectivity index (χ0v) is 13.5. The molecule has 0 radical (unpaired) electrons. The van der Waals surface area contributed by atoms with Gasteiger partial charge >= 0.3 is 0 Å². The van der Waals surface area contributed by atoms with Crippen molar-refractivity contribution in [3.05, 3.63) is 33.8 Å². The zero-order valence-electron chi connectivity index (χ0n) is 11.9. The molecule has 19 heavy (non-hydrogen) atoms. The monoisotopic (exact) mass is 325 g/mol. The van der Waals surface area contributed by atoms with Crippen LogP contribution in [0.5, 0.6) is 0 Å². The summed E-state index contributed by atoms with van der Waals surface area (Å²) in [5.41, 5.74) is 2.91. The molecule has 1 aromatic carbocycles. The molecule has 1 aliphatic rings. The van der Waals surface area contributed by atoms with E-state index in [1.54, 1.807) is 0 Å². The molecule has 2 rings (SSSR count).